The second-order valence-electron chi connectivity index (χ2n) is 20.5. The van der Waals surface area contributed by atoms with E-state index < -0.39 is 120 Å². The van der Waals surface area contributed by atoms with Crippen LogP contribution in [-0.4, -0.2) is 162 Å². The number of carbonyl (C=O) groups excluding carboxylic acids is 8. The van der Waals surface area contributed by atoms with E-state index in [-0.39, 0.29) is 50.5 Å². The average Bonchev–Trinajstić information content (AvgIpc) is 4.27. The molecule has 12 unspecified atom stereocenters. The first-order valence-corrected chi connectivity index (χ1v) is 26.5. The minimum atomic E-state index is -1.34. The van der Waals surface area contributed by atoms with Crippen molar-refractivity contribution < 1.29 is 43.5 Å². The largest absolute Gasteiger partial charge is 0.391 e. The lowest BCUT2D eigenvalue weighted by Crippen LogP contribution is -2.61. The molecular weight excluding hydrogens is 975 g/mol. The highest BCUT2D eigenvalue weighted by molar-refractivity contribution is 6.01. The van der Waals surface area contributed by atoms with E-state index in [0.717, 1.165) is 6.42 Å². The molecule has 2 saturated heterocycles. The van der Waals surface area contributed by atoms with Crippen molar-refractivity contribution in [3.8, 4) is 0 Å². The quantitative estimate of drug-likeness (QED) is 0.0582. The van der Waals surface area contributed by atoms with E-state index in [4.69, 9.17) is 5.73 Å². The maximum Gasteiger partial charge on any atom is 0.249 e. The Morgan fingerprint density at radius 3 is 1.82 bits per heavy atom. The SMILES string of the molecule is CCC(C)C(NC(=O)C(CC1C=NC=N1)NC(=O)C(Cc1ccccc1)NC(=O)C1CCCN1C(=O)C(CC1C=NC=N1)NC(=O)C1CCCN1)C(=O)NC(Cc1ccccc1)C(=O)NC(=O)CC(O)C(N)CC(C)C. The fourth-order valence-corrected chi connectivity index (χ4v) is 9.66. The summed E-state index contributed by atoms with van der Waals surface area (Å²) in [6.07, 6.45) is 7.23. The van der Waals surface area contributed by atoms with Gasteiger partial charge in [-0.15, -0.1) is 0 Å². The number of hydrogen-bond acceptors (Lipinski definition) is 15. The predicted molar refractivity (Wildman–Crippen MR) is 287 cm³/mol. The summed E-state index contributed by atoms with van der Waals surface area (Å²) < 4.78 is 0. The lowest BCUT2D eigenvalue weighted by atomic mass is 9.96. The first-order chi connectivity index (χ1) is 36.5. The molecule has 0 aromatic heterocycles. The van der Waals surface area contributed by atoms with Crippen LogP contribution in [0.2, 0.25) is 0 Å². The number of hydrogen-bond donors (Lipinski definition) is 9. The van der Waals surface area contributed by atoms with E-state index in [1.807, 2.05) is 20.8 Å². The molecule has 4 aliphatic rings. The van der Waals surface area contributed by atoms with Gasteiger partial charge in [-0.2, -0.15) is 0 Å². The zero-order valence-electron chi connectivity index (χ0n) is 43.8. The molecule has 0 spiro atoms. The van der Waals surface area contributed by atoms with E-state index >= 15 is 0 Å². The molecule has 6 rings (SSSR count). The summed E-state index contributed by atoms with van der Waals surface area (Å²) in [4.78, 5) is 131. The molecule has 0 bridgehead atoms. The van der Waals surface area contributed by atoms with E-state index in [2.05, 4.69) is 57.2 Å². The molecule has 4 aliphatic heterocycles. The van der Waals surface area contributed by atoms with Crippen molar-refractivity contribution in [2.24, 2.45) is 37.5 Å². The van der Waals surface area contributed by atoms with Crippen molar-refractivity contribution >= 4 is 72.4 Å². The van der Waals surface area contributed by atoms with Crippen LogP contribution < -0.4 is 43.0 Å². The van der Waals surface area contributed by atoms with E-state index in [1.54, 1.807) is 73.8 Å². The molecule has 4 heterocycles. The number of imide groups is 1. The van der Waals surface area contributed by atoms with Crippen LogP contribution in [0.4, 0.5) is 0 Å². The van der Waals surface area contributed by atoms with Crippen LogP contribution >= 0.6 is 0 Å². The smallest absolute Gasteiger partial charge is 0.249 e. The second kappa shape index (κ2) is 28.7. The molecule has 22 nitrogen and oxygen atoms in total. The molecule has 12 atom stereocenters. The minimum Gasteiger partial charge on any atom is -0.391 e. The third-order valence-electron chi connectivity index (χ3n) is 14.1. The van der Waals surface area contributed by atoms with Crippen LogP contribution in [0, 0.1) is 11.8 Å². The van der Waals surface area contributed by atoms with Gasteiger partial charge in [0.05, 0.1) is 30.7 Å². The van der Waals surface area contributed by atoms with E-state index in [9.17, 15) is 43.5 Å². The van der Waals surface area contributed by atoms with Crippen LogP contribution in [0.1, 0.15) is 96.6 Å². The maximum atomic E-state index is 14.7. The van der Waals surface area contributed by atoms with Gasteiger partial charge in [0, 0.05) is 50.7 Å². The number of aliphatic hydroxyl groups is 1. The van der Waals surface area contributed by atoms with Crippen molar-refractivity contribution in [3.05, 3.63) is 71.8 Å². The van der Waals surface area contributed by atoms with Gasteiger partial charge in [0.15, 0.2) is 0 Å². The molecule has 0 aliphatic carbocycles. The van der Waals surface area contributed by atoms with Crippen LogP contribution in [0.15, 0.2) is 80.6 Å². The zero-order chi connectivity index (χ0) is 54.7. The van der Waals surface area contributed by atoms with Crippen LogP contribution in [-0.2, 0) is 51.2 Å². The van der Waals surface area contributed by atoms with Crippen molar-refractivity contribution in [3.63, 3.8) is 0 Å². The Hall–Kier alpha value is -7.04. The molecule has 2 aromatic rings. The van der Waals surface area contributed by atoms with Gasteiger partial charge in [-0.25, -0.2) is 9.98 Å². The van der Waals surface area contributed by atoms with Gasteiger partial charge < -0.3 is 47.6 Å². The van der Waals surface area contributed by atoms with E-state index in [1.165, 1.54) is 23.8 Å². The number of nitrogens with zero attached hydrogens (tertiary/aromatic N) is 5. The van der Waals surface area contributed by atoms with Crippen molar-refractivity contribution in [1.82, 2.24) is 42.1 Å². The number of benzene rings is 2. The Labute approximate surface area is 443 Å². The molecule has 10 N–H and O–H groups in total. The Morgan fingerprint density at radius 2 is 1.26 bits per heavy atom. The van der Waals surface area contributed by atoms with Gasteiger partial charge >= 0.3 is 0 Å². The number of likely N-dealkylation sites (tertiary alicyclic amines) is 1. The molecule has 22 heteroatoms. The van der Waals surface area contributed by atoms with Gasteiger partial charge in [0.1, 0.15) is 48.9 Å². The molecule has 0 saturated carbocycles. The Morgan fingerprint density at radius 1 is 0.697 bits per heavy atom. The van der Waals surface area contributed by atoms with Crippen LogP contribution in [0.5, 0.6) is 0 Å². The number of amides is 8. The lowest BCUT2D eigenvalue weighted by molar-refractivity contribution is -0.142. The van der Waals surface area contributed by atoms with Gasteiger partial charge in [0.2, 0.25) is 47.3 Å². The first-order valence-electron chi connectivity index (χ1n) is 26.5. The number of carbonyl (C=O) groups is 8. The van der Waals surface area contributed by atoms with Crippen LogP contribution in [0.25, 0.3) is 0 Å². The topological polar surface area (TPSA) is 320 Å². The third kappa shape index (κ3) is 17.2. The highest BCUT2D eigenvalue weighted by Crippen LogP contribution is 2.22. The van der Waals surface area contributed by atoms with Gasteiger partial charge in [-0.3, -0.25) is 53.7 Å². The van der Waals surface area contributed by atoms with Gasteiger partial charge in [-0.05, 0) is 61.6 Å². The normalized spacial score (nSPS) is 21.7. The Bertz CT molecular complexity index is 2430. The summed E-state index contributed by atoms with van der Waals surface area (Å²) in [5.74, 6) is -5.58. The third-order valence-corrected chi connectivity index (χ3v) is 14.1. The number of nitrogens with two attached hydrogens (primary N) is 1. The molecular formula is C54H75N13O9. The Kier molecular flexibility index (Phi) is 22.0. The van der Waals surface area contributed by atoms with Crippen molar-refractivity contribution in [2.75, 3.05) is 13.1 Å². The summed E-state index contributed by atoms with van der Waals surface area (Å²) in [5.41, 5.74) is 7.45. The first kappa shape index (κ1) is 58.2. The maximum absolute atomic E-state index is 14.7. The van der Waals surface area contributed by atoms with Gasteiger partial charge in [-0.1, -0.05) is 94.8 Å². The number of aliphatic hydroxyl groups excluding tert-OH is 1. The summed E-state index contributed by atoms with van der Waals surface area (Å²) in [6.45, 7) is 8.33. The number of aliphatic imine (C=N–C) groups is 4. The molecule has 0 radical (unpaired) electrons. The fourth-order valence-electron chi connectivity index (χ4n) is 9.66. The highest BCUT2D eigenvalue weighted by atomic mass is 16.3. The highest BCUT2D eigenvalue weighted by Gasteiger charge is 2.41. The zero-order valence-corrected chi connectivity index (χ0v) is 43.8. The number of nitrogens with one attached hydrogen (secondary N) is 7. The second-order valence-corrected chi connectivity index (χ2v) is 20.5. The monoisotopic (exact) mass is 1050 g/mol. The predicted octanol–water partition coefficient (Wildman–Crippen LogP) is 0.195. The van der Waals surface area contributed by atoms with E-state index in [0.29, 0.717) is 43.4 Å². The molecule has 410 valence electrons. The average molecular weight is 1050 g/mol. The van der Waals surface area contributed by atoms with Crippen LogP contribution in [0.3, 0.4) is 0 Å². The standard InChI is InChI=1S/C54H75N13O9/c1-5-33(4)47(53(75)63-41(24-35-16-10-7-11-17-35)50(72)65-46(69)27-45(68)38(55)22-32(2)3)66-51(73)42(25-36-28-56-30-59-36)61-49(71)40(23-34-14-8-6-9-15-34)62-52(74)44-19-13-21-67(44)54(76)43(26-37-29-57-31-60-37)64-48(70)39-18-12-20-58-39/h6-11,14-17,28-33,36-45,47,58,68H,5,12-13,18-27,55H2,1-4H3,(H,61,71)(H,62,74)(H,63,75)(H,64,70)(H,66,73)(H,65,69,72). The number of rotatable bonds is 27. The molecule has 8 amide bonds. The summed E-state index contributed by atoms with van der Waals surface area (Å²) in [6, 6.07) is 8.37. The molecule has 76 heavy (non-hydrogen) atoms. The summed E-state index contributed by atoms with van der Waals surface area (Å²) >= 11 is 0. The fraction of sp³-hybridized carbons (Fsp3) is 0.556. The van der Waals surface area contributed by atoms with Crippen molar-refractivity contribution in [1.29, 1.82) is 0 Å². The lowest BCUT2D eigenvalue weighted by Gasteiger charge is -2.31. The minimum absolute atomic E-state index is 0.00245. The van der Waals surface area contributed by atoms with Gasteiger partial charge in [0.25, 0.3) is 0 Å². The molecule has 2 aromatic carbocycles. The Balaban J connectivity index is 1.19. The van der Waals surface area contributed by atoms with Crippen molar-refractivity contribution in [2.45, 2.75) is 165 Å². The summed E-state index contributed by atoms with van der Waals surface area (Å²) in [5, 5.41) is 30.3. The summed E-state index contributed by atoms with van der Waals surface area (Å²) in [7, 11) is 0. The molecule has 2 fully saturated rings.